The Balaban J connectivity index is 1.96. The molecule has 18 heavy (non-hydrogen) atoms. The van der Waals surface area contributed by atoms with E-state index < -0.39 is 0 Å². The van der Waals surface area contributed by atoms with Crippen LogP contribution in [0.15, 0.2) is 36.7 Å². The SMILES string of the molecule is Cc1ccc(CC(=O)Nc2cnc(Cl)cn2)cc1. The van der Waals surface area contributed by atoms with E-state index in [0.29, 0.717) is 17.4 Å². The molecule has 1 N–H and O–H groups in total. The Morgan fingerprint density at radius 2 is 1.94 bits per heavy atom. The van der Waals surface area contributed by atoms with Gasteiger partial charge in [0.05, 0.1) is 18.8 Å². The molecule has 4 nitrogen and oxygen atoms in total. The lowest BCUT2D eigenvalue weighted by molar-refractivity contribution is -0.115. The lowest BCUT2D eigenvalue weighted by Gasteiger charge is -2.04. The van der Waals surface area contributed by atoms with Crippen molar-refractivity contribution >= 4 is 23.3 Å². The fourth-order valence-electron chi connectivity index (χ4n) is 1.46. The zero-order valence-corrected chi connectivity index (χ0v) is 10.6. The lowest BCUT2D eigenvalue weighted by atomic mass is 10.1. The maximum atomic E-state index is 11.7. The third-order valence-electron chi connectivity index (χ3n) is 2.37. The van der Waals surface area contributed by atoms with Crippen LogP contribution in [-0.2, 0) is 11.2 Å². The second kappa shape index (κ2) is 5.60. The fraction of sp³-hybridized carbons (Fsp3) is 0.154. The molecule has 5 heteroatoms. The zero-order valence-electron chi connectivity index (χ0n) is 9.85. The molecule has 1 aromatic heterocycles. The first-order valence-electron chi connectivity index (χ1n) is 5.46. The number of hydrogen-bond acceptors (Lipinski definition) is 3. The van der Waals surface area contributed by atoms with Gasteiger partial charge in [0, 0.05) is 0 Å². The predicted octanol–water partition coefficient (Wildman–Crippen LogP) is 2.62. The van der Waals surface area contributed by atoms with Crippen molar-refractivity contribution in [1.29, 1.82) is 0 Å². The summed E-state index contributed by atoms with van der Waals surface area (Å²) >= 11 is 5.61. The molecule has 0 unspecified atom stereocenters. The van der Waals surface area contributed by atoms with E-state index in [1.165, 1.54) is 18.0 Å². The second-order valence-corrected chi connectivity index (χ2v) is 4.32. The van der Waals surface area contributed by atoms with E-state index in [9.17, 15) is 4.79 Å². The average Bonchev–Trinajstić information content (AvgIpc) is 2.35. The molecular weight excluding hydrogens is 250 g/mol. The van der Waals surface area contributed by atoms with Gasteiger partial charge in [0.1, 0.15) is 5.15 Å². The lowest BCUT2D eigenvalue weighted by Crippen LogP contribution is -2.15. The number of carbonyl (C=O) groups excluding carboxylic acids is 1. The molecule has 0 saturated carbocycles. The van der Waals surface area contributed by atoms with Crippen LogP contribution in [0.1, 0.15) is 11.1 Å². The Morgan fingerprint density at radius 3 is 2.56 bits per heavy atom. The molecule has 2 rings (SSSR count). The number of aryl methyl sites for hydroxylation is 1. The van der Waals surface area contributed by atoms with E-state index in [1.807, 2.05) is 31.2 Å². The Kier molecular flexibility index (Phi) is 3.89. The Hall–Kier alpha value is -1.94. The molecule has 0 aliphatic carbocycles. The minimum atomic E-state index is -0.129. The van der Waals surface area contributed by atoms with Crippen molar-refractivity contribution in [2.75, 3.05) is 5.32 Å². The molecule has 0 fully saturated rings. The van der Waals surface area contributed by atoms with Gasteiger partial charge in [-0.1, -0.05) is 41.4 Å². The number of nitrogens with one attached hydrogen (secondary N) is 1. The van der Waals surface area contributed by atoms with E-state index in [-0.39, 0.29) is 5.91 Å². The number of halogens is 1. The number of rotatable bonds is 3. The first-order valence-corrected chi connectivity index (χ1v) is 5.84. The van der Waals surface area contributed by atoms with Crippen LogP contribution in [0, 0.1) is 6.92 Å². The maximum Gasteiger partial charge on any atom is 0.229 e. The van der Waals surface area contributed by atoms with Crippen LogP contribution < -0.4 is 5.32 Å². The summed E-state index contributed by atoms with van der Waals surface area (Å²) in [6.45, 7) is 2.01. The quantitative estimate of drug-likeness (QED) is 0.924. The van der Waals surface area contributed by atoms with Gasteiger partial charge in [-0.3, -0.25) is 4.79 Å². The number of anilines is 1. The Bertz CT molecular complexity index is 488. The Morgan fingerprint density at radius 1 is 1.22 bits per heavy atom. The summed E-state index contributed by atoms with van der Waals surface area (Å²) in [5.74, 6) is 0.270. The first kappa shape index (κ1) is 12.5. The molecule has 0 aliphatic rings. The highest BCUT2D eigenvalue weighted by atomic mass is 35.5. The highest BCUT2D eigenvalue weighted by molar-refractivity contribution is 6.29. The molecule has 0 atom stereocenters. The second-order valence-electron chi connectivity index (χ2n) is 3.93. The summed E-state index contributed by atoms with van der Waals surface area (Å²) in [5, 5.41) is 2.96. The summed E-state index contributed by atoms with van der Waals surface area (Å²) in [6.07, 6.45) is 3.13. The average molecular weight is 262 g/mol. The zero-order chi connectivity index (χ0) is 13.0. The molecule has 1 heterocycles. The number of amides is 1. The smallest absolute Gasteiger partial charge is 0.229 e. The summed E-state index contributed by atoms with van der Waals surface area (Å²) in [7, 11) is 0. The van der Waals surface area contributed by atoms with Crippen LogP contribution in [0.4, 0.5) is 5.82 Å². The van der Waals surface area contributed by atoms with Crippen molar-refractivity contribution in [2.24, 2.45) is 0 Å². The van der Waals surface area contributed by atoms with Crippen LogP contribution in [0.25, 0.3) is 0 Å². The number of benzene rings is 1. The molecule has 1 aromatic carbocycles. The van der Waals surface area contributed by atoms with E-state index in [2.05, 4.69) is 15.3 Å². The van der Waals surface area contributed by atoms with Gasteiger partial charge in [-0.15, -0.1) is 0 Å². The first-order chi connectivity index (χ1) is 8.63. The van der Waals surface area contributed by atoms with Crippen LogP contribution in [0.3, 0.4) is 0 Å². The molecule has 0 saturated heterocycles. The summed E-state index contributed by atoms with van der Waals surface area (Å²) < 4.78 is 0. The summed E-state index contributed by atoms with van der Waals surface area (Å²) in [6, 6.07) is 7.82. The van der Waals surface area contributed by atoms with Crippen molar-refractivity contribution < 1.29 is 4.79 Å². The van der Waals surface area contributed by atoms with Gasteiger partial charge in [0.25, 0.3) is 0 Å². The largest absolute Gasteiger partial charge is 0.309 e. The number of hydrogen-bond donors (Lipinski definition) is 1. The summed E-state index contributed by atoms with van der Waals surface area (Å²) in [5.41, 5.74) is 2.13. The van der Waals surface area contributed by atoms with Crippen LogP contribution in [-0.4, -0.2) is 15.9 Å². The maximum absolute atomic E-state index is 11.7. The highest BCUT2D eigenvalue weighted by Crippen LogP contribution is 2.07. The Labute approximate surface area is 110 Å². The van der Waals surface area contributed by atoms with Crippen molar-refractivity contribution in [3.05, 3.63) is 52.9 Å². The van der Waals surface area contributed by atoms with Crippen molar-refractivity contribution in [1.82, 2.24) is 9.97 Å². The number of nitrogens with zero attached hydrogens (tertiary/aromatic N) is 2. The summed E-state index contributed by atoms with van der Waals surface area (Å²) in [4.78, 5) is 19.5. The number of carbonyl (C=O) groups is 1. The van der Waals surface area contributed by atoms with E-state index >= 15 is 0 Å². The van der Waals surface area contributed by atoms with E-state index in [4.69, 9.17) is 11.6 Å². The third kappa shape index (κ3) is 3.53. The van der Waals surface area contributed by atoms with Gasteiger partial charge in [-0.2, -0.15) is 0 Å². The number of aromatic nitrogens is 2. The monoisotopic (exact) mass is 261 g/mol. The molecule has 92 valence electrons. The van der Waals surface area contributed by atoms with Crippen LogP contribution >= 0.6 is 11.6 Å². The van der Waals surface area contributed by atoms with Gasteiger partial charge in [-0.05, 0) is 12.5 Å². The van der Waals surface area contributed by atoms with Gasteiger partial charge >= 0.3 is 0 Å². The van der Waals surface area contributed by atoms with Gasteiger partial charge in [0.15, 0.2) is 5.82 Å². The van der Waals surface area contributed by atoms with E-state index in [0.717, 1.165) is 5.56 Å². The molecule has 0 radical (unpaired) electrons. The standard InChI is InChI=1S/C13H12ClN3O/c1-9-2-4-10(5-3-9)6-13(18)17-12-8-15-11(14)7-16-12/h2-5,7-8H,6H2,1H3,(H,16,17,18). The molecule has 0 spiro atoms. The van der Waals surface area contributed by atoms with Crippen molar-refractivity contribution in [3.8, 4) is 0 Å². The van der Waals surface area contributed by atoms with Gasteiger partial charge in [-0.25, -0.2) is 9.97 Å². The molecular formula is C13H12ClN3O. The molecule has 0 aliphatic heterocycles. The molecule has 2 aromatic rings. The fourth-order valence-corrected chi connectivity index (χ4v) is 1.55. The van der Waals surface area contributed by atoms with Crippen LogP contribution in [0.2, 0.25) is 5.15 Å². The van der Waals surface area contributed by atoms with Gasteiger partial charge < -0.3 is 5.32 Å². The minimum Gasteiger partial charge on any atom is -0.309 e. The minimum absolute atomic E-state index is 0.129. The normalized spacial score (nSPS) is 10.1. The van der Waals surface area contributed by atoms with Gasteiger partial charge in [0.2, 0.25) is 5.91 Å². The third-order valence-corrected chi connectivity index (χ3v) is 2.57. The van der Waals surface area contributed by atoms with Crippen molar-refractivity contribution in [3.63, 3.8) is 0 Å². The van der Waals surface area contributed by atoms with Crippen LogP contribution in [0.5, 0.6) is 0 Å². The molecule has 1 amide bonds. The molecule has 0 bridgehead atoms. The highest BCUT2D eigenvalue weighted by Gasteiger charge is 2.05. The topological polar surface area (TPSA) is 54.9 Å². The predicted molar refractivity (Wildman–Crippen MR) is 70.6 cm³/mol. The van der Waals surface area contributed by atoms with Crippen molar-refractivity contribution in [2.45, 2.75) is 13.3 Å². The van der Waals surface area contributed by atoms with E-state index in [1.54, 1.807) is 0 Å².